The normalized spacial score (nSPS) is 21.2. The molecule has 2 aliphatic rings. The summed E-state index contributed by atoms with van der Waals surface area (Å²) in [7, 11) is 0. The van der Waals surface area contributed by atoms with Crippen molar-refractivity contribution in [3.8, 4) is 0 Å². The van der Waals surface area contributed by atoms with Crippen molar-refractivity contribution in [1.29, 1.82) is 0 Å². The van der Waals surface area contributed by atoms with Crippen molar-refractivity contribution in [2.24, 2.45) is 4.99 Å². The van der Waals surface area contributed by atoms with Crippen LogP contribution in [0.5, 0.6) is 0 Å². The zero-order valence-electron chi connectivity index (χ0n) is 6.96. The zero-order valence-corrected chi connectivity index (χ0v) is 6.96. The summed E-state index contributed by atoms with van der Waals surface area (Å²) in [4.78, 5) is 4.14. The third-order valence-corrected chi connectivity index (χ3v) is 2.12. The number of hydrogen-bond acceptors (Lipinski definition) is 1. The van der Waals surface area contributed by atoms with Gasteiger partial charge in [-0.2, -0.15) is 0 Å². The van der Waals surface area contributed by atoms with Crippen LogP contribution < -0.4 is 0 Å². The summed E-state index contributed by atoms with van der Waals surface area (Å²) < 4.78 is 0. The van der Waals surface area contributed by atoms with Gasteiger partial charge in [-0.3, -0.25) is 4.99 Å². The Morgan fingerprint density at radius 1 is 1.33 bits per heavy atom. The molecule has 1 nitrogen and oxygen atoms in total. The van der Waals surface area contributed by atoms with Crippen molar-refractivity contribution < 1.29 is 0 Å². The van der Waals surface area contributed by atoms with Gasteiger partial charge in [0.1, 0.15) is 0 Å². The molecule has 12 heavy (non-hydrogen) atoms. The Labute approximate surface area is 72.5 Å². The predicted octanol–water partition coefficient (Wildman–Crippen LogP) is 2.79. The molecule has 0 saturated heterocycles. The molecule has 1 heterocycles. The molecule has 0 unspecified atom stereocenters. The molecule has 0 bridgehead atoms. The standard InChI is InChI=1S/C11H11N/c1-9-4-5-11-8-12-6-2-3-10(11)7-9/h2,4-6,8H,1,3,7H2. The molecule has 1 aliphatic carbocycles. The number of aliphatic imine (C=N–C) groups is 1. The summed E-state index contributed by atoms with van der Waals surface area (Å²) in [6.07, 6.45) is 12.0. The smallest absolute Gasteiger partial charge is 0.0339 e. The lowest BCUT2D eigenvalue weighted by Gasteiger charge is -2.11. The van der Waals surface area contributed by atoms with E-state index in [0.29, 0.717) is 0 Å². The minimum atomic E-state index is 1.00. The van der Waals surface area contributed by atoms with E-state index in [9.17, 15) is 0 Å². The van der Waals surface area contributed by atoms with Gasteiger partial charge in [0.15, 0.2) is 0 Å². The van der Waals surface area contributed by atoms with Crippen LogP contribution in [0, 0.1) is 0 Å². The lowest BCUT2D eigenvalue weighted by molar-refractivity contribution is 1.05. The van der Waals surface area contributed by atoms with Crippen LogP contribution in [0.1, 0.15) is 12.8 Å². The fourth-order valence-electron chi connectivity index (χ4n) is 1.46. The van der Waals surface area contributed by atoms with Crippen molar-refractivity contribution in [2.75, 3.05) is 0 Å². The average Bonchev–Trinajstić information content (AvgIpc) is 2.28. The largest absolute Gasteiger partial charge is 0.264 e. The summed E-state index contributed by atoms with van der Waals surface area (Å²) >= 11 is 0. The van der Waals surface area contributed by atoms with Gasteiger partial charge in [-0.15, -0.1) is 0 Å². The van der Waals surface area contributed by atoms with Crippen LogP contribution in [0.3, 0.4) is 0 Å². The monoisotopic (exact) mass is 157 g/mol. The summed E-state index contributed by atoms with van der Waals surface area (Å²) in [6.45, 7) is 3.95. The lowest BCUT2D eigenvalue weighted by Crippen LogP contribution is -1.96. The maximum Gasteiger partial charge on any atom is 0.0339 e. The van der Waals surface area contributed by atoms with E-state index >= 15 is 0 Å². The van der Waals surface area contributed by atoms with E-state index < -0.39 is 0 Å². The summed E-state index contributed by atoms with van der Waals surface area (Å²) in [5, 5.41) is 0. The van der Waals surface area contributed by atoms with Gasteiger partial charge in [-0.25, -0.2) is 0 Å². The minimum Gasteiger partial charge on any atom is -0.264 e. The molecule has 0 aromatic rings. The first-order chi connectivity index (χ1) is 5.86. The van der Waals surface area contributed by atoms with E-state index in [2.05, 4.69) is 29.8 Å². The molecule has 60 valence electrons. The quantitative estimate of drug-likeness (QED) is 0.512. The van der Waals surface area contributed by atoms with Crippen LogP contribution >= 0.6 is 0 Å². The summed E-state index contributed by atoms with van der Waals surface area (Å²) in [6, 6.07) is 0. The molecular formula is C11H11N. The van der Waals surface area contributed by atoms with E-state index in [4.69, 9.17) is 0 Å². The minimum absolute atomic E-state index is 1.00. The highest BCUT2D eigenvalue weighted by atomic mass is 14.7. The Bertz CT molecular complexity index is 327. The van der Waals surface area contributed by atoms with E-state index in [0.717, 1.165) is 12.8 Å². The SMILES string of the molecule is C=C1C=CC2=C(CC=CN=C2)C1. The van der Waals surface area contributed by atoms with Crippen LogP contribution in [-0.2, 0) is 0 Å². The zero-order chi connectivity index (χ0) is 8.39. The highest BCUT2D eigenvalue weighted by Crippen LogP contribution is 2.25. The second kappa shape index (κ2) is 2.94. The van der Waals surface area contributed by atoms with E-state index in [-0.39, 0.29) is 0 Å². The Morgan fingerprint density at radius 3 is 3.17 bits per heavy atom. The first kappa shape index (κ1) is 7.29. The number of rotatable bonds is 0. The number of allylic oxidation sites excluding steroid dienone is 6. The van der Waals surface area contributed by atoms with Crippen molar-refractivity contribution in [1.82, 2.24) is 0 Å². The number of nitrogens with zero attached hydrogens (tertiary/aromatic N) is 1. The molecule has 0 amide bonds. The Kier molecular flexibility index (Phi) is 1.78. The first-order valence-corrected chi connectivity index (χ1v) is 4.12. The second-order valence-corrected chi connectivity index (χ2v) is 3.09. The predicted molar refractivity (Wildman–Crippen MR) is 52.2 cm³/mol. The van der Waals surface area contributed by atoms with Crippen LogP contribution in [-0.4, -0.2) is 6.21 Å². The van der Waals surface area contributed by atoms with Gasteiger partial charge in [0.2, 0.25) is 0 Å². The van der Waals surface area contributed by atoms with Crippen LogP contribution in [0.4, 0.5) is 0 Å². The number of hydrogen-bond donors (Lipinski definition) is 0. The molecule has 0 aromatic heterocycles. The highest BCUT2D eigenvalue weighted by molar-refractivity contribution is 5.85. The highest BCUT2D eigenvalue weighted by Gasteiger charge is 2.08. The van der Waals surface area contributed by atoms with Crippen LogP contribution in [0.15, 0.2) is 52.7 Å². The summed E-state index contributed by atoms with van der Waals surface area (Å²) in [5.41, 5.74) is 3.88. The van der Waals surface area contributed by atoms with E-state index in [1.54, 1.807) is 0 Å². The first-order valence-electron chi connectivity index (χ1n) is 4.12. The molecular weight excluding hydrogens is 146 g/mol. The third kappa shape index (κ3) is 1.30. The molecule has 0 spiro atoms. The van der Waals surface area contributed by atoms with Crippen molar-refractivity contribution in [2.45, 2.75) is 12.8 Å². The molecule has 0 radical (unpaired) electrons. The van der Waals surface area contributed by atoms with Gasteiger partial charge < -0.3 is 0 Å². The molecule has 1 heteroatoms. The van der Waals surface area contributed by atoms with Gasteiger partial charge in [0, 0.05) is 12.4 Å². The molecule has 0 saturated carbocycles. The molecule has 0 aromatic carbocycles. The van der Waals surface area contributed by atoms with Crippen molar-refractivity contribution >= 4 is 6.21 Å². The van der Waals surface area contributed by atoms with Gasteiger partial charge in [-0.1, -0.05) is 36.0 Å². The van der Waals surface area contributed by atoms with Gasteiger partial charge in [-0.05, 0) is 18.4 Å². The molecule has 0 atom stereocenters. The van der Waals surface area contributed by atoms with Crippen LogP contribution in [0.25, 0.3) is 0 Å². The van der Waals surface area contributed by atoms with Gasteiger partial charge >= 0.3 is 0 Å². The fourth-order valence-corrected chi connectivity index (χ4v) is 1.46. The molecule has 1 aliphatic heterocycles. The maximum absolute atomic E-state index is 4.14. The topological polar surface area (TPSA) is 12.4 Å². The lowest BCUT2D eigenvalue weighted by atomic mass is 9.93. The van der Waals surface area contributed by atoms with Crippen molar-refractivity contribution in [3.63, 3.8) is 0 Å². The fraction of sp³-hybridized carbons (Fsp3) is 0.182. The second-order valence-electron chi connectivity index (χ2n) is 3.09. The maximum atomic E-state index is 4.14. The molecule has 0 N–H and O–H groups in total. The Morgan fingerprint density at radius 2 is 2.25 bits per heavy atom. The summed E-state index contributed by atoms with van der Waals surface area (Å²) in [5.74, 6) is 0. The van der Waals surface area contributed by atoms with E-state index in [1.807, 2.05) is 12.4 Å². The van der Waals surface area contributed by atoms with Crippen LogP contribution in [0.2, 0.25) is 0 Å². The van der Waals surface area contributed by atoms with Gasteiger partial charge in [0.05, 0.1) is 0 Å². The molecule has 0 fully saturated rings. The average molecular weight is 157 g/mol. The Balaban J connectivity index is 2.36. The third-order valence-electron chi connectivity index (χ3n) is 2.12. The van der Waals surface area contributed by atoms with Crippen molar-refractivity contribution in [3.05, 3.63) is 47.7 Å². The molecule has 2 rings (SSSR count). The van der Waals surface area contributed by atoms with Gasteiger partial charge in [0.25, 0.3) is 0 Å². The van der Waals surface area contributed by atoms with E-state index in [1.165, 1.54) is 16.7 Å². The Hall–Kier alpha value is -1.37.